The number of hydrogen-bond donors (Lipinski definition) is 0. The van der Waals surface area contributed by atoms with Crippen LogP contribution in [0.5, 0.6) is 0 Å². The average Bonchev–Trinajstić information content (AvgIpc) is 1.98. The molecule has 0 aliphatic heterocycles. The summed E-state index contributed by atoms with van der Waals surface area (Å²) in [5, 5.41) is 0. The largest absolute Gasteiger partial charge is 0.417 e. The van der Waals surface area contributed by atoms with Gasteiger partial charge >= 0.3 is 0 Å². The third kappa shape index (κ3) is 7.13. The topological polar surface area (TPSA) is 9.23 Å². The summed E-state index contributed by atoms with van der Waals surface area (Å²) in [6, 6.07) is 1.18. The SMILES string of the molecule is CC(C)CO[Si](C)(C)CCCCl. The van der Waals surface area contributed by atoms with Gasteiger partial charge < -0.3 is 4.43 Å². The van der Waals surface area contributed by atoms with Gasteiger partial charge in [-0.25, -0.2) is 0 Å². The van der Waals surface area contributed by atoms with Crippen LogP contribution in [-0.2, 0) is 4.43 Å². The summed E-state index contributed by atoms with van der Waals surface area (Å²) >= 11 is 5.64. The molecule has 74 valence electrons. The van der Waals surface area contributed by atoms with Crippen molar-refractivity contribution in [3.8, 4) is 0 Å². The number of hydrogen-bond acceptors (Lipinski definition) is 1. The van der Waals surface area contributed by atoms with E-state index in [1.54, 1.807) is 0 Å². The predicted molar refractivity (Wildman–Crippen MR) is 58.4 cm³/mol. The van der Waals surface area contributed by atoms with E-state index in [0.717, 1.165) is 18.9 Å². The van der Waals surface area contributed by atoms with E-state index in [9.17, 15) is 0 Å². The monoisotopic (exact) mass is 208 g/mol. The van der Waals surface area contributed by atoms with E-state index in [2.05, 4.69) is 26.9 Å². The molecule has 12 heavy (non-hydrogen) atoms. The van der Waals surface area contributed by atoms with Crippen LogP contribution in [-0.4, -0.2) is 20.8 Å². The molecule has 0 fully saturated rings. The Morgan fingerprint density at radius 3 is 2.33 bits per heavy atom. The van der Waals surface area contributed by atoms with Gasteiger partial charge in [0.05, 0.1) is 0 Å². The van der Waals surface area contributed by atoms with E-state index >= 15 is 0 Å². The molecule has 3 heteroatoms. The number of alkyl halides is 1. The molecule has 0 saturated carbocycles. The molecule has 0 aliphatic rings. The summed E-state index contributed by atoms with van der Waals surface area (Å²) in [5.41, 5.74) is 0. The molecule has 0 aliphatic carbocycles. The fourth-order valence-corrected chi connectivity index (χ4v) is 3.27. The molecule has 0 N–H and O–H groups in total. The maximum absolute atomic E-state index is 5.87. The van der Waals surface area contributed by atoms with Gasteiger partial charge in [-0.1, -0.05) is 13.8 Å². The van der Waals surface area contributed by atoms with Crippen molar-refractivity contribution in [2.75, 3.05) is 12.5 Å². The minimum absolute atomic E-state index is 0.646. The van der Waals surface area contributed by atoms with Crippen LogP contribution < -0.4 is 0 Å². The molecule has 0 amide bonds. The minimum Gasteiger partial charge on any atom is -0.417 e. The van der Waals surface area contributed by atoms with E-state index in [1.807, 2.05) is 0 Å². The highest BCUT2D eigenvalue weighted by atomic mass is 35.5. The third-order valence-electron chi connectivity index (χ3n) is 1.72. The molecule has 0 radical (unpaired) electrons. The maximum atomic E-state index is 5.87. The Balaban J connectivity index is 3.56. The maximum Gasteiger partial charge on any atom is 0.186 e. The molecule has 1 nitrogen and oxygen atoms in total. The van der Waals surface area contributed by atoms with Crippen LogP contribution in [0.25, 0.3) is 0 Å². The van der Waals surface area contributed by atoms with Crippen molar-refractivity contribution >= 4 is 19.9 Å². The van der Waals surface area contributed by atoms with Crippen LogP contribution >= 0.6 is 11.6 Å². The van der Waals surface area contributed by atoms with Gasteiger partial charge in [-0.05, 0) is 31.5 Å². The Morgan fingerprint density at radius 1 is 1.33 bits per heavy atom. The standard InChI is InChI=1S/C9H21ClOSi/c1-9(2)8-11-12(3,4)7-5-6-10/h9H,5-8H2,1-4H3. The molecule has 0 spiro atoms. The van der Waals surface area contributed by atoms with E-state index in [-0.39, 0.29) is 0 Å². The molecule has 0 rings (SSSR count). The van der Waals surface area contributed by atoms with Crippen LogP contribution in [0.1, 0.15) is 20.3 Å². The molecular formula is C9H21ClOSi. The Bertz CT molecular complexity index is 115. The minimum atomic E-state index is -1.37. The Morgan fingerprint density at radius 2 is 1.92 bits per heavy atom. The van der Waals surface area contributed by atoms with Crippen LogP contribution in [0.3, 0.4) is 0 Å². The summed E-state index contributed by atoms with van der Waals surface area (Å²) in [6.45, 7) is 9.81. The van der Waals surface area contributed by atoms with Crippen LogP contribution in [0.15, 0.2) is 0 Å². The Labute approximate surface area is 82.6 Å². The van der Waals surface area contributed by atoms with Gasteiger partial charge in [-0.15, -0.1) is 11.6 Å². The van der Waals surface area contributed by atoms with Crippen molar-refractivity contribution in [1.82, 2.24) is 0 Å². The molecule has 0 saturated heterocycles. The van der Waals surface area contributed by atoms with Crippen molar-refractivity contribution in [2.45, 2.75) is 39.4 Å². The normalized spacial score (nSPS) is 12.5. The molecule has 0 bridgehead atoms. The van der Waals surface area contributed by atoms with Crippen molar-refractivity contribution in [3.63, 3.8) is 0 Å². The third-order valence-corrected chi connectivity index (χ3v) is 4.49. The Hall–Kier alpha value is 0.467. The predicted octanol–water partition coefficient (Wildman–Crippen LogP) is 3.49. The summed E-state index contributed by atoms with van der Waals surface area (Å²) < 4.78 is 5.87. The highest BCUT2D eigenvalue weighted by Gasteiger charge is 2.21. The first-order chi connectivity index (χ1) is 5.48. The molecule has 0 aromatic heterocycles. The number of halogens is 1. The first-order valence-corrected chi connectivity index (χ1v) is 8.33. The number of rotatable bonds is 6. The lowest BCUT2D eigenvalue weighted by molar-refractivity contribution is 0.260. The molecule has 0 aromatic rings. The zero-order valence-electron chi connectivity index (χ0n) is 8.69. The lowest BCUT2D eigenvalue weighted by atomic mass is 10.2. The summed E-state index contributed by atoms with van der Waals surface area (Å²) in [4.78, 5) is 0. The second-order valence-corrected chi connectivity index (χ2v) is 8.94. The van der Waals surface area contributed by atoms with Crippen LogP contribution in [0.4, 0.5) is 0 Å². The van der Waals surface area contributed by atoms with E-state index in [4.69, 9.17) is 16.0 Å². The lowest BCUT2D eigenvalue weighted by Gasteiger charge is -2.23. The summed E-state index contributed by atoms with van der Waals surface area (Å²) in [5.74, 6) is 1.41. The van der Waals surface area contributed by atoms with Crippen molar-refractivity contribution in [2.24, 2.45) is 5.92 Å². The van der Waals surface area contributed by atoms with E-state index < -0.39 is 8.32 Å². The fourth-order valence-electron chi connectivity index (χ4n) is 0.957. The zero-order chi connectivity index (χ0) is 9.61. The average molecular weight is 209 g/mol. The van der Waals surface area contributed by atoms with Crippen molar-refractivity contribution in [1.29, 1.82) is 0 Å². The highest BCUT2D eigenvalue weighted by Crippen LogP contribution is 2.15. The molecular weight excluding hydrogens is 188 g/mol. The quantitative estimate of drug-likeness (QED) is 0.480. The van der Waals surface area contributed by atoms with Gasteiger partial charge in [-0.3, -0.25) is 0 Å². The van der Waals surface area contributed by atoms with E-state index in [0.29, 0.717) is 5.92 Å². The first-order valence-electron chi connectivity index (χ1n) is 4.68. The Kier molecular flexibility index (Phi) is 6.24. The van der Waals surface area contributed by atoms with Crippen LogP contribution in [0, 0.1) is 5.92 Å². The second-order valence-electron chi connectivity index (χ2n) is 4.26. The van der Waals surface area contributed by atoms with E-state index in [1.165, 1.54) is 6.04 Å². The lowest BCUT2D eigenvalue weighted by Crippen LogP contribution is -2.31. The van der Waals surface area contributed by atoms with Crippen LogP contribution in [0.2, 0.25) is 19.1 Å². The fraction of sp³-hybridized carbons (Fsp3) is 1.00. The molecule has 0 unspecified atom stereocenters. The van der Waals surface area contributed by atoms with Gasteiger partial charge in [0.1, 0.15) is 0 Å². The summed E-state index contributed by atoms with van der Waals surface area (Å²) in [6.07, 6.45) is 1.10. The van der Waals surface area contributed by atoms with Gasteiger partial charge in [0.15, 0.2) is 8.32 Å². The van der Waals surface area contributed by atoms with Gasteiger partial charge in [0.25, 0.3) is 0 Å². The van der Waals surface area contributed by atoms with Gasteiger partial charge in [-0.2, -0.15) is 0 Å². The van der Waals surface area contributed by atoms with Crippen molar-refractivity contribution in [3.05, 3.63) is 0 Å². The second kappa shape index (κ2) is 6.00. The molecule has 0 heterocycles. The summed E-state index contributed by atoms with van der Waals surface area (Å²) in [7, 11) is -1.37. The van der Waals surface area contributed by atoms with Crippen molar-refractivity contribution < 1.29 is 4.43 Å². The van der Waals surface area contributed by atoms with Gasteiger partial charge in [0, 0.05) is 12.5 Å². The first kappa shape index (κ1) is 12.5. The van der Waals surface area contributed by atoms with Gasteiger partial charge in [0.2, 0.25) is 0 Å². The zero-order valence-corrected chi connectivity index (χ0v) is 10.4. The smallest absolute Gasteiger partial charge is 0.186 e. The highest BCUT2D eigenvalue weighted by molar-refractivity contribution is 6.71. The molecule has 0 aromatic carbocycles. The molecule has 0 atom stereocenters.